The fourth-order valence-electron chi connectivity index (χ4n) is 2.34. The highest BCUT2D eigenvalue weighted by Crippen LogP contribution is 2.23. The molecule has 0 spiro atoms. The van der Waals surface area contributed by atoms with Crippen LogP contribution in [0.4, 0.5) is 0 Å². The number of piperidine rings is 1. The molecular formula is C12H23N3S. The highest BCUT2D eigenvalue weighted by atomic mass is 32.2. The maximum absolute atomic E-state index is 4.58. The first-order valence-electron chi connectivity index (χ1n) is 6.51. The van der Waals surface area contributed by atoms with Crippen LogP contribution in [0.3, 0.4) is 0 Å². The summed E-state index contributed by atoms with van der Waals surface area (Å²) in [6, 6.07) is 0.621. The van der Waals surface area contributed by atoms with E-state index in [9.17, 15) is 0 Å². The maximum Gasteiger partial charge on any atom is 0.157 e. The van der Waals surface area contributed by atoms with Crippen LogP contribution in [0, 0.1) is 0 Å². The molecule has 0 amide bonds. The molecule has 0 aliphatic carbocycles. The molecule has 2 aliphatic heterocycles. The van der Waals surface area contributed by atoms with Gasteiger partial charge in [-0.15, -0.1) is 0 Å². The Morgan fingerprint density at radius 2 is 2.38 bits per heavy atom. The van der Waals surface area contributed by atoms with Gasteiger partial charge in [-0.25, -0.2) is 0 Å². The zero-order valence-electron chi connectivity index (χ0n) is 10.4. The Hall–Kier alpha value is -0.220. The van der Waals surface area contributed by atoms with Gasteiger partial charge in [0, 0.05) is 17.8 Å². The van der Waals surface area contributed by atoms with E-state index in [0.717, 1.165) is 6.54 Å². The Kier molecular flexibility index (Phi) is 4.53. The highest BCUT2D eigenvalue weighted by Gasteiger charge is 2.23. The average Bonchev–Trinajstić information content (AvgIpc) is 2.77. The molecule has 2 rings (SSSR count). The van der Waals surface area contributed by atoms with Gasteiger partial charge >= 0.3 is 0 Å². The Morgan fingerprint density at radius 3 is 3.06 bits per heavy atom. The van der Waals surface area contributed by atoms with Crippen molar-refractivity contribution in [2.24, 2.45) is 4.99 Å². The number of nitrogens with zero attached hydrogens (tertiary/aromatic N) is 2. The Bertz CT molecular complexity index is 255. The standard InChI is InChI=1S/C12H23N3S/c1-3-11-8-13-12(16-11)14-10-6-5-7-15(4-2)9-10/h10-11H,3-9H2,1-2H3,(H,13,14). The van der Waals surface area contributed by atoms with E-state index in [1.54, 1.807) is 0 Å². The second-order valence-electron chi connectivity index (χ2n) is 4.67. The second-order valence-corrected chi connectivity index (χ2v) is 5.96. The summed E-state index contributed by atoms with van der Waals surface area (Å²) < 4.78 is 0. The van der Waals surface area contributed by atoms with Crippen molar-refractivity contribution in [2.75, 3.05) is 26.2 Å². The smallest absolute Gasteiger partial charge is 0.157 e. The number of likely N-dealkylation sites (N-methyl/N-ethyl adjacent to an activating group) is 1. The highest BCUT2D eigenvalue weighted by molar-refractivity contribution is 8.14. The third-order valence-corrected chi connectivity index (χ3v) is 4.74. The van der Waals surface area contributed by atoms with Gasteiger partial charge in [0.2, 0.25) is 0 Å². The molecule has 16 heavy (non-hydrogen) atoms. The van der Waals surface area contributed by atoms with Crippen molar-refractivity contribution in [2.45, 2.75) is 44.4 Å². The van der Waals surface area contributed by atoms with Gasteiger partial charge in [-0.1, -0.05) is 25.6 Å². The summed E-state index contributed by atoms with van der Waals surface area (Å²) in [4.78, 5) is 7.11. The van der Waals surface area contributed by atoms with Gasteiger partial charge in [0.25, 0.3) is 0 Å². The lowest BCUT2D eigenvalue weighted by Gasteiger charge is -2.32. The molecule has 2 unspecified atom stereocenters. The largest absolute Gasteiger partial charge is 0.361 e. The minimum Gasteiger partial charge on any atom is -0.361 e. The van der Waals surface area contributed by atoms with Gasteiger partial charge in [-0.2, -0.15) is 0 Å². The second kappa shape index (κ2) is 5.92. The van der Waals surface area contributed by atoms with Crippen LogP contribution in [0.5, 0.6) is 0 Å². The fourth-order valence-corrected chi connectivity index (χ4v) is 3.36. The van der Waals surface area contributed by atoms with Gasteiger partial charge in [0.05, 0.1) is 6.54 Å². The van der Waals surface area contributed by atoms with Crippen molar-refractivity contribution in [1.82, 2.24) is 10.2 Å². The van der Waals surface area contributed by atoms with Crippen LogP contribution >= 0.6 is 11.8 Å². The van der Waals surface area contributed by atoms with E-state index in [-0.39, 0.29) is 0 Å². The van der Waals surface area contributed by atoms with Crippen LogP contribution in [0.1, 0.15) is 33.1 Å². The van der Waals surface area contributed by atoms with Crippen molar-refractivity contribution in [3.8, 4) is 0 Å². The van der Waals surface area contributed by atoms with Crippen LogP contribution in [0.15, 0.2) is 4.99 Å². The van der Waals surface area contributed by atoms with Crippen LogP contribution in [-0.2, 0) is 0 Å². The molecule has 0 aromatic rings. The van der Waals surface area contributed by atoms with Crippen LogP contribution in [-0.4, -0.2) is 47.5 Å². The van der Waals surface area contributed by atoms with Crippen LogP contribution in [0.25, 0.3) is 0 Å². The molecular weight excluding hydrogens is 218 g/mol. The average molecular weight is 241 g/mol. The maximum atomic E-state index is 4.58. The number of aliphatic imine (C=N–C) groups is 1. The topological polar surface area (TPSA) is 27.6 Å². The fraction of sp³-hybridized carbons (Fsp3) is 0.917. The number of thioether (sulfide) groups is 1. The van der Waals surface area contributed by atoms with Crippen LogP contribution < -0.4 is 5.32 Å². The summed E-state index contributed by atoms with van der Waals surface area (Å²) >= 11 is 1.93. The summed E-state index contributed by atoms with van der Waals surface area (Å²) in [5.41, 5.74) is 0. The monoisotopic (exact) mass is 241 g/mol. The van der Waals surface area contributed by atoms with E-state index in [0.29, 0.717) is 11.3 Å². The number of hydrogen-bond acceptors (Lipinski definition) is 4. The van der Waals surface area contributed by atoms with E-state index in [1.165, 1.54) is 44.1 Å². The molecule has 92 valence electrons. The van der Waals surface area contributed by atoms with Crippen molar-refractivity contribution in [3.63, 3.8) is 0 Å². The van der Waals surface area contributed by atoms with E-state index in [4.69, 9.17) is 0 Å². The number of amidine groups is 1. The first-order valence-corrected chi connectivity index (χ1v) is 7.39. The molecule has 1 fully saturated rings. The van der Waals surface area contributed by atoms with Gasteiger partial charge in [0.1, 0.15) is 0 Å². The molecule has 0 bridgehead atoms. The third kappa shape index (κ3) is 3.14. The van der Waals surface area contributed by atoms with Gasteiger partial charge in [-0.05, 0) is 32.4 Å². The molecule has 3 nitrogen and oxygen atoms in total. The minimum atomic E-state index is 0.621. The molecule has 1 saturated heterocycles. The summed E-state index contributed by atoms with van der Waals surface area (Å²) in [5, 5.41) is 5.52. The molecule has 2 atom stereocenters. The first-order chi connectivity index (χ1) is 7.81. The predicted molar refractivity (Wildman–Crippen MR) is 72.2 cm³/mol. The quantitative estimate of drug-likeness (QED) is 0.818. The van der Waals surface area contributed by atoms with E-state index < -0.39 is 0 Å². The van der Waals surface area contributed by atoms with Crippen LogP contribution in [0.2, 0.25) is 0 Å². The summed E-state index contributed by atoms with van der Waals surface area (Å²) in [5.74, 6) is 0. The molecule has 1 N–H and O–H groups in total. The first kappa shape index (κ1) is 12.2. The van der Waals surface area contributed by atoms with Crippen molar-refractivity contribution < 1.29 is 0 Å². The van der Waals surface area contributed by atoms with E-state index >= 15 is 0 Å². The number of nitrogens with one attached hydrogen (secondary N) is 1. The predicted octanol–water partition coefficient (Wildman–Crippen LogP) is 1.94. The Balaban J connectivity index is 1.77. The minimum absolute atomic E-state index is 0.621. The summed E-state index contributed by atoms with van der Waals surface area (Å²) in [6.07, 6.45) is 3.85. The van der Waals surface area contributed by atoms with Crippen molar-refractivity contribution in [3.05, 3.63) is 0 Å². The van der Waals surface area contributed by atoms with Crippen molar-refractivity contribution >= 4 is 16.9 Å². The molecule has 2 heterocycles. The van der Waals surface area contributed by atoms with Gasteiger partial charge in [0.15, 0.2) is 5.17 Å². The summed E-state index contributed by atoms with van der Waals surface area (Å²) in [7, 11) is 0. The Labute approximate surface area is 103 Å². The Morgan fingerprint density at radius 1 is 1.50 bits per heavy atom. The van der Waals surface area contributed by atoms with E-state index in [2.05, 4.69) is 29.1 Å². The normalized spacial score (nSPS) is 31.5. The lowest BCUT2D eigenvalue weighted by Crippen LogP contribution is -2.46. The third-order valence-electron chi connectivity index (χ3n) is 3.45. The number of likely N-dealkylation sites (tertiary alicyclic amines) is 1. The van der Waals surface area contributed by atoms with E-state index in [1.807, 2.05) is 11.8 Å². The molecule has 0 radical (unpaired) electrons. The summed E-state index contributed by atoms with van der Waals surface area (Å²) in [6.45, 7) is 9.13. The molecule has 0 aromatic carbocycles. The lowest BCUT2D eigenvalue weighted by atomic mass is 10.1. The van der Waals surface area contributed by atoms with Gasteiger partial charge < -0.3 is 10.2 Å². The molecule has 4 heteroatoms. The zero-order chi connectivity index (χ0) is 11.4. The number of hydrogen-bond donors (Lipinski definition) is 1. The molecule has 0 saturated carbocycles. The number of rotatable bonds is 3. The zero-order valence-corrected chi connectivity index (χ0v) is 11.2. The van der Waals surface area contributed by atoms with Gasteiger partial charge in [-0.3, -0.25) is 4.99 Å². The van der Waals surface area contributed by atoms with Crippen molar-refractivity contribution in [1.29, 1.82) is 0 Å². The molecule has 2 aliphatic rings. The molecule has 0 aromatic heterocycles. The SMILES string of the molecule is CCC1CN=C(NC2CCCN(CC)C2)S1. The lowest BCUT2D eigenvalue weighted by molar-refractivity contribution is 0.210.